The maximum absolute atomic E-state index is 11.7. The molecule has 0 bridgehead atoms. The largest absolute Gasteiger partial charge is 0.450 e. The van der Waals surface area contributed by atoms with Crippen LogP contribution in [0.15, 0.2) is 12.3 Å². The monoisotopic (exact) mass is 291 g/mol. The van der Waals surface area contributed by atoms with Crippen molar-refractivity contribution >= 4 is 17.9 Å². The topological polar surface area (TPSA) is 70.6 Å². The van der Waals surface area contributed by atoms with Crippen LogP contribution in [-0.4, -0.2) is 59.8 Å². The molecule has 1 saturated heterocycles. The first-order valence-corrected chi connectivity index (χ1v) is 7.52. The molecule has 1 aliphatic heterocycles. The second kappa shape index (κ2) is 6.15. The fourth-order valence-corrected chi connectivity index (χ4v) is 2.34. The Morgan fingerprint density at radius 2 is 2.14 bits per heavy atom. The Hall–Kier alpha value is -2.05. The fourth-order valence-electron chi connectivity index (χ4n) is 2.34. The first-order valence-electron chi connectivity index (χ1n) is 7.52. The molecule has 0 unspecified atom stereocenters. The number of hydrogen-bond donors (Lipinski definition) is 1. The summed E-state index contributed by atoms with van der Waals surface area (Å²) in [5, 5.41) is 3.31. The average molecular weight is 291 g/mol. The van der Waals surface area contributed by atoms with E-state index >= 15 is 0 Å². The fraction of sp³-hybridized carbons (Fsp3) is 0.643. The molecule has 3 rings (SSSR count). The summed E-state index contributed by atoms with van der Waals surface area (Å²) in [6, 6.07) is 2.46. The zero-order valence-electron chi connectivity index (χ0n) is 12.3. The van der Waals surface area contributed by atoms with E-state index in [2.05, 4.69) is 20.2 Å². The Bertz CT molecular complexity index is 498. The number of ether oxygens (including phenoxy) is 1. The zero-order chi connectivity index (χ0) is 14.7. The van der Waals surface area contributed by atoms with E-state index in [-0.39, 0.29) is 6.09 Å². The van der Waals surface area contributed by atoms with Gasteiger partial charge in [-0.2, -0.15) is 4.98 Å². The normalized spacial score (nSPS) is 18.5. The van der Waals surface area contributed by atoms with Gasteiger partial charge in [-0.15, -0.1) is 0 Å². The van der Waals surface area contributed by atoms with Gasteiger partial charge in [0.2, 0.25) is 5.95 Å². The molecule has 7 heteroatoms. The van der Waals surface area contributed by atoms with Gasteiger partial charge in [-0.3, -0.25) is 0 Å². The lowest BCUT2D eigenvalue weighted by molar-refractivity contribution is 0.105. The van der Waals surface area contributed by atoms with Crippen molar-refractivity contribution in [2.75, 3.05) is 43.0 Å². The van der Waals surface area contributed by atoms with Crippen LogP contribution in [0.1, 0.15) is 19.8 Å². The third kappa shape index (κ3) is 3.53. The van der Waals surface area contributed by atoms with E-state index in [1.807, 2.05) is 13.0 Å². The van der Waals surface area contributed by atoms with Crippen molar-refractivity contribution in [3.63, 3.8) is 0 Å². The van der Waals surface area contributed by atoms with Gasteiger partial charge in [0.1, 0.15) is 5.82 Å². The highest BCUT2D eigenvalue weighted by molar-refractivity contribution is 5.68. The number of hydrogen-bond acceptors (Lipinski definition) is 6. The van der Waals surface area contributed by atoms with Gasteiger partial charge in [-0.05, 0) is 25.8 Å². The number of nitrogens with zero attached hydrogens (tertiary/aromatic N) is 4. The van der Waals surface area contributed by atoms with Crippen molar-refractivity contribution in [3.05, 3.63) is 12.3 Å². The number of piperazine rings is 1. The third-order valence-corrected chi connectivity index (χ3v) is 3.68. The third-order valence-electron chi connectivity index (χ3n) is 3.68. The Morgan fingerprint density at radius 3 is 2.81 bits per heavy atom. The lowest BCUT2D eigenvalue weighted by Gasteiger charge is -2.34. The molecule has 2 heterocycles. The highest BCUT2D eigenvalue weighted by atomic mass is 16.6. The second-order valence-electron chi connectivity index (χ2n) is 5.33. The van der Waals surface area contributed by atoms with Gasteiger partial charge in [0.15, 0.2) is 0 Å². The van der Waals surface area contributed by atoms with Crippen LogP contribution in [0, 0.1) is 0 Å². The van der Waals surface area contributed by atoms with Crippen LogP contribution in [0.3, 0.4) is 0 Å². The molecule has 0 atom stereocenters. The number of carbonyl (C=O) groups is 1. The Labute approximate surface area is 124 Å². The van der Waals surface area contributed by atoms with Crippen molar-refractivity contribution < 1.29 is 9.53 Å². The minimum Gasteiger partial charge on any atom is -0.450 e. The highest BCUT2D eigenvalue weighted by Gasteiger charge is 2.24. The molecule has 1 aliphatic carbocycles. The predicted octanol–water partition coefficient (Wildman–Crippen LogP) is 1.33. The number of anilines is 2. The van der Waals surface area contributed by atoms with Crippen LogP contribution in [0.25, 0.3) is 0 Å². The summed E-state index contributed by atoms with van der Waals surface area (Å²) in [5.41, 5.74) is 0. The van der Waals surface area contributed by atoms with E-state index < -0.39 is 0 Å². The quantitative estimate of drug-likeness (QED) is 0.902. The molecule has 1 N–H and O–H groups in total. The molecule has 0 aromatic carbocycles. The lowest BCUT2D eigenvalue weighted by atomic mass is 10.3. The van der Waals surface area contributed by atoms with Crippen molar-refractivity contribution in [2.24, 2.45) is 0 Å². The van der Waals surface area contributed by atoms with Crippen molar-refractivity contribution in [2.45, 2.75) is 25.8 Å². The van der Waals surface area contributed by atoms with Gasteiger partial charge in [-0.1, -0.05) is 0 Å². The van der Waals surface area contributed by atoms with Gasteiger partial charge in [0.25, 0.3) is 0 Å². The highest BCUT2D eigenvalue weighted by Crippen LogP contribution is 2.23. The van der Waals surface area contributed by atoms with E-state index in [0.717, 1.165) is 18.9 Å². The maximum Gasteiger partial charge on any atom is 0.409 e. The number of nitrogens with one attached hydrogen (secondary N) is 1. The number of amides is 1. The number of rotatable bonds is 4. The summed E-state index contributed by atoms with van der Waals surface area (Å²) in [4.78, 5) is 24.4. The van der Waals surface area contributed by atoms with E-state index in [9.17, 15) is 4.79 Å². The Morgan fingerprint density at radius 1 is 1.38 bits per heavy atom. The Balaban J connectivity index is 1.57. The first-order chi connectivity index (χ1) is 10.3. The van der Waals surface area contributed by atoms with Gasteiger partial charge in [0.05, 0.1) is 6.61 Å². The van der Waals surface area contributed by atoms with E-state index in [0.29, 0.717) is 31.7 Å². The van der Waals surface area contributed by atoms with Crippen LogP contribution in [0.2, 0.25) is 0 Å². The van der Waals surface area contributed by atoms with E-state index in [1.54, 1.807) is 11.1 Å². The average Bonchev–Trinajstić information content (AvgIpc) is 3.32. The summed E-state index contributed by atoms with van der Waals surface area (Å²) < 4.78 is 5.02. The number of carbonyl (C=O) groups excluding carboxylic acids is 1. The summed E-state index contributed by atoms with van der Waals surface area (Å²) in [6.45, 7) is 5.09. The molecule has 7 nitrogen and oxygen atoms in total. The molecule has 1 amide bonds. The number of aromatic nitrogens is 2. The predicted molar refractivity (Wildman–Crippen MR) is 79.5 cm³/mol. The van der Waals surface area contributed by atoms with Crippen LogP contribution >= 0.6 is 0 Å². The van der Waals surface area contributed by atoms with Crippen LogP contribution < -0.4 is 10.2 Å². The first kappa shape index (κ1) is 13.9. The molecule has 1 aromatic rings. The van der Waals surface area contributed by atoms with Crippen molar-refractivity contribution in [3.8, 4) is 0 Å². The molecule has 21 heavy (non-hydrogen) atoms. The molecule has 1 aromatic heterocycles. The van der Waals surface area contributed by atoms with Gasteiger partial charge < -0.3 is 19.9 Å². The standard InChI is InChI=1S/C14H21N5O2/c1-2-21-14(20)19-9-7-18(8-10-19)12-5-6-15-13(17-12)16-11-3-4-11/h5-6,11H,2-4,7-10H2,1H3,(H,15,16,17). The van der Waals surface area contributed by atoms with Crippen LogP contribution in [-0.2, 0) is 4.74 Å². The van der Waals surface area contributed by atoms with Crippen molar-refractivity contribution in [1.29, 1.82) is 0 Å². The second-order valence-corrected chi connectivity index (χ2v) is 5.33. The summed E-state index contributed by atoms with van der Waals surface area (Å²) >= 11 is 0. The molecular weight excluding hydrogens is 270 g/mol. The lowest BCUT2D eigenvalue weighted by Crippen LogP contribution is -2.49. The maximum atomic E-state index is 11.7. The SMILES string of the molecule is CCOC(=O)N1CCN(c2ccnc(NC3CC3)n2)CC1. The molecular formula is C14H21N5O2. The molecule has 2 fully saturated rings. The van der Waals surface area contributed by atoms with E-state index in [1.165, 1.54) is 12.8 Å². The Kier molecular flexibility index (Phi) is 4.08. The minimum atomic E-state index is -0.226. The van der Waals surface area contributed by atoms with Gasteiger partial charge >= 0.3 is 6.09 Å². The smallest absolute Gasteiger partial charge is 0.409 e. The van der Waals surface area contributed by atoms with Crippen molar-refractivity contribution in [1.82, 2.24) is 14.9 Å². The van der Waals surface area contributed by atoms with Gasteiger partial charge in [0, 0.05) is 38.4 Å². The molecule has 114 valence electrons. The molecule has 1 saturated carbocycles. The molecule has 0 radical (unpaired) electrons. The summed E-state index contributed by atoms with van der Waals surface area (Å²) in [6.07, 6.45) is 3.96. The van der Waals surface area contributed by atoms with Crippen LogP contribution in [0.5, 0.6) is 0 Å². The summed E-state index contributed by atoms with van der Waals surface area (Å²) in [5.74, 6) is 1.61. The molecule has 0 spiro atoms. The zero-order valence-corrected chi connectivity index (χ0v) is 12.3. The van der Waals surface area contributed by atoms with Gasteiger partial charge in [-0.25, -0.2) is 9.78 Å². The van der Waals surface area contributed by atoms with Crippen LogP contribution in [0.4, 0.5) is 16.6 Å². The molecule has 2 aliphatic rings. The van der Waals surface area contributed by atoms with E-state index in [4.69, 9.17) is 4.74 Å². The minimum absolute atomic E-state index is 0.226. The summed E-state index contributed by atoms with van der Waals surface area (Å²) in [7, 11) is 0.